The van der Waals surface area contributed by atoms with Gasteiger partial charge in [0.1, 0.15) is 0 Å². The number of nitro benzene ring substituents is 1. The molecule has 0 fully saturated rings. The van der Waals surface area contributed by atoms with Crippen molar-refractivity contribution in [3.8, 4) is 0 Å². The smallest absolute Gasteiger partial charge is 0.270 e. The fourth-order valence-electron chi connectivity index (χ4n) is 4.09. The first-order valence-electron chi connectivity index (χ1n) is 12.0. The number of sulfonamides is 1. The Morgan fingerprint density at radius 2 is 1.44 bits per heavy atom. The van der Waals surface area contributed by atoms with Crippen LogP contribution in [0.2, 0.25) is 0 Å². The molecule has 0 spiro atoms. The van der Waals surface area contributed by atoms with E-state index in [2.05, 4.69) is 9.93 Å². The van der Waals surface area contributed by atoms with Crippen LogP contribution in [0.1, 0.15) is 31.8 Å². The van der Waals surface area contributed by atoms with E-state index in [0.717, 1.165) is 10.3 Å². The van der Waals surface area contributed by atoms with Crippen molar-refractivity contribution in [2.45, 2.75) is 11.4 Å². The van der Waals surface area contributed by atoms with Gasteiger partial charge in [-0.05, 0) is 52.9 Å². The van der Waals surface area contributed by atoms with E-state index in [4.69, 9.17) is 0 Å². The monoisotopic (exact) mass is 592 g/mol. The molecule has 0 atom stereocenters. The third kappa shape index (κ3) is 6.70. The molecule has 1 aliphatic rings. The number of nitrogens with zero attached hydrogens (tertiary/aromatic N) is 3. The Hall–Kier alpha value is -4.75. The lowest BCUT2D eigenvalue weighted by molar-refractivity contribution is -0.384. The van der Waals surface area contributed by atoms with Crippen LogP contribution in [0.25, 0.3) is 10.8 Å². The zero-order valence-electron chi connectivity index (χ0n) is 21.9. The molecule has 210 valence electrons. The molecule has 4 aromatic rings. The number of carbonyl (C=O) groups is 2. The summed E-state index contributed by atoms with van der Waals surface area (Å²) in [5.41, 5.74) is 1.84. The van der Waals surface area contributed by atoms with Gasteiger partial charge in [0, 0.05) is 52.0 Å². The van der Waals surface area contributed by atoms with Gasteiger partial charge in [-0.3, -0.25) is 28.8 Å². The lowest BCUT2D eigenvalue weighted by Crippen LogP contribution is -2.39. The second-order valence-electron chi connectivity index (χ2n) is 8.99. The van der Waals surface area contributed by atoms with E-state index in [1.54, 1.807) is 36.8 Å². The molecule has 0 aromatic heterocycles. The summed E-state index contributed by atoms with van der Waals surface area (Å²) in [5, 5.41) is 15.9. The third-order valence-corrected chi connectivity index (χ3v) is 7.16. The summed E-state index contributed by atoms with van der Waals surface area (Å²) in [5.74, 6) is -0.818. The minimum absolute atomic E-state index is 0.0194. The number of hydrogen-bond acceptors (Lipinski definition) is 8. The number of nitro groups is 1. The standard InChI is InChI=1S/C26H18N4O6S.C2H6OS/c31-25-22-5-1-3-19-4-2-6-23(24(19)22)26(32)29(25)16-18-9-13-21(14-10-18)37(35,36)28-27-15-17-7-11-20(12-8-17)30(33)34;1-4(2)3/h1-15,28H,16H2;1-2H3/b27-15+;. The van der Waals surface area contributed by atoms with Gasteiger partial charge in [0.2, 0.25) is 0 Å². The van der Waals surface area contributed by atoms with Crippen molar-refractivity contribution in [1.82, 2.24) is 9.73 Å². The molecule has 1 heterocycles. The Kier molecular flexibility index (Phi) is 8.69. The van der Waals surface area contributed by atoms with Crippen LogP contribution >= 0.6 is 0 Å². The maximum Gasteiger partial charge on any atom is 0.276 e. The molecule has 1 aliphatic heterocycles. The summed E-state index contributed by atoms with van der Waals surface area (Å²) in [6.07, 6.45) is 4.50. The third-order valence-electron chi connectivity index (χ3n) is 5.92. The summed E-state index contributed by atoms with van der Waals surface area (Å²) in [7, 11) is -4.60. The summed E-state index contributed by atoms with van der Waals surface area (Å²) in [6.45, 7) is -0.0194. The molecule has 0 unspecified atom stereocenters. The maximum absolute atomic E-state index is 13.1. The predicted molar refractivity (Wildman–Crippen MR) is 156 cm³/mol. The largest absolute Gasteiger partial charge is 0.276 e. The Morgan fingerprint density at radius 3 is 1.95 bits per heavy atom. The first kappa shape index (κ1) is 29.2. The van der Waals surface area contributed by atoms with Gasteiger partial charge in [0.15, 0.2) is 0 Å². The number of hydrogen-bond donors (Lipinski definition) is 1. The molecular formula is C28H24N4O7S2. The minimum Gasteiger partial charge on any atom is -0.270 e. The zero-order valence-corrected chi connectivity index (χ0v) is 23.5. The van der Waals surface area contributed by atoms with Crippen molar-refractivity contribution < 1.29 is 27.1 Å². The van der Waals surface area contributed by atoms with Crippen LogP contribution in [0.15, 0.2) is 94.9 Å². The summed E-state index contributed by atoms with van der Waals surface area (Å²) < 4.78 is 34.7. The first-order chi connectivity index (χ1) is 19.5. The Balaban J connectivity index is 0.000000909. The van der Waals surface area contributed by atoms with E-state index in [0.29, 0.717) is 27.6 Å². The normalized spacial score (nSPS) is 12.9. The molecule has 0 saturated heterocycles. The highest BCUT2D eigenvalue weighted by Crippen LogP contribution is 2.30. The number of nitrogens with one attached hydrogen (secondary N) is 1. The quantitative estimate of drug-likeness (QED) is 0.148. The SMILES string of the molecule is CS(C)=O.O=C1c2cccc3cccc(c23)C(=O)N1Cc1ccc(S(=O)(=O)N/N=C/c2ccc([N+](=O)[O-])cc2)cc1. The Labute approximate surface area is 238 Å². The van der Waals surface area contributed by atoms with Crippen molar-refractivity contribution in [2.24, 2.45) is 5.10 Å². The van der Waals surface area contributed by atoms with Gasteiger partial charge in [-0.15, -0.1) is 0 Å². The fourth-order valence-corrected chi connectivity index (χ4v) is 4.88. The van der Waals surface area contributed by atoms with E-state index < -0.39 is 37.6 Å². The number of non-ortho nitro benzene ring substituents is 1. The van der Waals surface area contributed by atoms with Gasteiger partial charge in [0.05, 0.1) is 22.6 Å². The lowest BCUT2D eigenvalue weighted by Gasteiger charge is -2.27. The molecular weight excluding hydrogens is 568 g/mol. The van der Waals surface area contributed by atoms with Crippen LogP contribution in [0.5, 0.6) is 0 Å². The minimum atomic E-state index is -3.99. The van der Waals surface area contributed by atoms with Gasteiger partial charge in [-0.2, -0.15) is 13.5 Å². The number of carbonyl (C=O) groups excluding carboxylic acids is 2. The number of hydrazone groups is 1. The Bertz CT molecular complexity index is 1750. The van der Waals surface area contributed by atoms with E-state index in [1.165, 1.54) is 54.7 Å². The molecule has 0 bridgehead atoms. The number of imide groups is 1. The molecule has 2 amide bonds. The van der Waals surface area contributed by atoms with Gasteiger partial charge in [-0.1, -0.05) is 36.4 Å². The van der Waals surface area contributed by atoms with Gasteiger partial charge >= 0.3 is 0 Å². The van der Waals surface area contributed by atoms with Crippen LogP contribution in [0.3, 0.4) is 0 Å². The van der Waals surface area contributed by atoms with Crippen LogP contribution in [-0.4, -0.2) is 53.0 Å². The molecule has 0 saturated carbocycles. The van der Waals surface area contributed by atoms with Crippen molar-refractivity contribution in [1.29, 1.82) is 0 Å². The van der Waals surface area contributed by atoms with E-state index in [1.807, 2.05) is 12.1 Å². The molecule has 4 aromatic carbocycles. The molecule has 11 nitrogen and oxygen atoms in total. The molecule has 5 rings (SSSR count). The summed E-state index contributed by atoms with van der Waals surface area (Å²) in [4.78, 5) is 39.5. The van der Waals surface area contributed by atoms with E-state index in [-0.39, 0.29) is 17.1 Å². The average Bonchev–Trinajstić information content (AvgIpc) is 2.94. The summed E-state index contributed by atoms with van der Waals surface area (Å²) in [6, 6.07) is 21.8. The lowest BCUT2D eigenvalue weighted by atomic mass is 9.94. The van der Waals surface area contributed by atoms with Crippen molar-refractivity contribution in [3.63, 3.8) is 0 Å². The first-order valence-corrected chi connectivity index (χ1v) is 15.4. The van der Waals surface area contributed by atoms with Crippen molar-refractivity contribution >= 4 is 55.3 Å². The molecule has 13 heteroatoms. The van der Waals surface area contributed by atoms with Crippen LogP contribution < -0.4 is 4.83 Å². The highest BCUT2D eigenvalue weighted by Gasteiger charge is 2.32. The maximum atomic E-state index is 13.1. The van der Waals surface area contributed by atoms with Gasteiger partial charge in [0.25, 0.3) is 27.5 Å². The molecule has 0 radical (unpaired) electrons. The fraction of sp³-hybridized carbons (Fsp3) is 0.107. The topological polar surface area (TPSA) is 156 Å². The zero-order chi connectivity index (χ0) is 29.7. The van der Waals surface area contributed by atoms with E-state index in [9.17, 15) is 32.3 Å². The van der Waals surface area contributed by atoms with Crippen LogP contribution in [0.4, 0.5) is 5.69 Å². The average molecular weight is 593 g/mol. The van der Waals surface area contributed by atoms with Gasteiger partial charge < -0.3 is 0 Å². The summed E-state index contributed by atoms with van der Waals surface area (Å²) >= 11 is 0. The number of amides is 2. The number of rotatable bonds is 7. The Morgan fingerprint density at radius 1 is 0.902 bits per heavy atom. The van der Waals surface area contributed by atoms with Crippen molar-refractivity contribution in [2.75, 3.05) is 12.5 Å². The van der Waals surface area contributed by atoms with Crippen LogP contribution in [0, 0.1) is 10.1 Å². The van der Waals surface area contributed by atoms with E-state index >= 15 is 0 Å². The molecule has 0 aliphatic carbocycles. The molecule has 41 heavy (non-hydrogen) atoms. The highest BCUT2D eigenvalue weighted by molar-refractivity contribution is 7.89. The second-order valence-corrected chi connectivity index (χ2v) is 12.1. The molecule has 1 N–H and O–H groups in total. The van der Waals surface area contributed by atoms with Crippen LogP contribution in [-0.2, 0) is 27.4 Å². The highest BCUT2D eigenvalue weighted by atomic mass is 32.2. The predicted octanol–water partition coefficient (Wildman–Crippen LogP) is 3.85. The number of benzene rings is 4. The second kappa shape index (κ2) is 12.2. The van der Waals surface area contributed by atoms with Gasteiger partial charge in [-0.25, -0.2) is 4.83 Å². The van der Waals surface area contributed by atoms with Crippen molar-refractivity contribution in [3.05, 3.63) is 117 Å².